The van der Waals surface area contributed by atoms with Crippen molar-refractivity contribution in [1.82, 2.24) is 0 Å². The summed E-state index contributed by atoms with van der Waals surface area (Å²) in [5, 5.41) is 14.2. The highest BCUT2D eigenvalue weighted by Gasteiger charge is 2.19. The lowest BCUT2D eigenvalue weighted by molar-refractivity contribution is 0.429. The number of rotatable bonds is 0. The highest BCUT2D eigenvalue weighted by Crippen LogP contribution is 2.15. The van der Waals surface area contributed by atoms with Gasteiger partial charge in [-0.1, -0.05) is 0 Å². The summed E-state index contributed by atoms with van der Waals surface area (Å²) in [4.78, 5) is 0. The Balaban J connectivity index is 3.01. The van der Waals surface area contributed by atoms with Gasteiger partial charge in [-0.2, -0.15) is 0 Å². The summed E-state index contributed by atoms with van der Waals surface area (Å²) in [7, 11) is 0. The van der Waals surface area contributed by atoms with E-state index in [2.05, 4.69) is 0 Å². The number of allylic oxidation sites excluding steroid dienone is 1. The third kappa shape index (κ3) is 0.740. The monoisotopic (exact) mass is 124 g/mol. The van der Waals surface area contributed by atoms with Crippen LogP contribution < -0.4 is 0 Å². The maximum absolute atomic E-state index is 7.18. The molecule has 1 heterocycles. The maximum atomic E-state index is 7.18. The van der Waals surface area contributed by atoms with E-state index in [1.165, 1.54) is 0 Å². The van der Waals surface area contributed by atoms with Crippen molar-refractivity contribution in [3.63, 3.8) is 0 Å². The number of hydrogen-bond acceptors (Lipinski definition) is 3. The Morgan fingerprint density at radius 3 is 1.89 bits per heavy atom. The molecule has 0 radical (unpaired) electrons. The van der Waals surface area contributed by atoms with Crippen molar-refractivity contribution >= 4 is 11.6 Å². The molecule has 0 saturated heterocycles. The Morgan fingerprint density at radius 2 is 1.78 bits per heavy atom. The van der Waals surface area contributed by atoms with E-state index in [0.717, 1.165) is 5.57 Å². The van der Waals surface area contributed by atoms with Crippen molar-refractivity contribution < 1.29 is 4.74 Å². The van der Waals surface area contributed by atoms with Gasteiger partial charge in [0.05, 0.1) is 0 Å². The molecule has 0 spiro atoms. The molecule has 0 unspecified atom stereocenters. The van der Waals surface area contributed by atoms with Crippen molar-refractivity contribution in [2.75, 3.05) is 0 Å². The van der Waals surface area contributed by atoms with E-state index < -0.39 is 0 Å². The van der Waals surface area contributed by atoms with Gasteiger partial charge in [0.15, 0.2) is 0 Å². The molecule has 3 nitrogen and oxygen atoms in total. The molecule has 0 amide bonds. The Labute approximate surface area is 53.4 Å². The minimum atomic E-state index is -0.0370. The summed E-state index contributed by atoms with van der Waals surface area (Å²) in [6.45, 7) is 3.53. The van der Waals surface area contributed by atoms with E-state index in [9.17, 15) is 0 Å². The van der Waals surface area contributed by atoms with Crippen LogP contribution in [-0.2, 0) is 4.74 Å². The molecule has 1 aliphatic rings. The van der Waals surface area contributed by atoms with E-state index in [1.807, 2.05) is 0 Å². The molecule has 0 fully saturated rings. The fourth-order valence-electron chi connectivity index (χ4n) is 0.627. The summed E-state index contributed by atoms with van der Waals surface area (Å²) in [6, 6.07) is 0. The fraction of sp³-hybridized carbons (Fsp3) is 0.333. The topological polar surface area (TPSA) is 56.9 Å². The number of ether oxygens (including phenoxy) is 1. The van der Waals surface area contributed by atoms with E-state index in [1.54, 1.807) is 13.8 Å². The van der Waals surface area contributed by atoms with Crippen molar-refractivity contribution in [2.24, 2.45) is 0 Å². The zero-order chi connectivity index (χ0) is 7.02. The zero-order valence-electron chi connectivity index (χ0n) is 5.41. The summed E-state index contributed by atoms with van der Waals surface area (Å²) in [6.07, 6.45) is 0. The van der Waals surface area contributed by atoms with Crippen LogP contribution in [0.25, 0.3) is 0 Å². The lowest BCUT2D eigenvalue weighted by atomic mass is 10.2. The molecule has 1 aliphatic heterocycles. The predicted molar refractivity (Wildman–Crippen MR) is 34.9 cm³/mol. The highest BCUT2D eigenvalue weighted by atomic mass is 16.5. The molecule has 3 heteroatoms. The van der Waals surface area contributed by atoms with E-state index in [-0.39, 0.29) is 11.6 Å². The molecular weight excluding hydrogens is 116 g/mol. The van der Waals surface area contributed by atoms with Crippen LogP contribution in [0.4, 0.5) is 0 Å². The molecular formula is C6H8N2O. The van der Waals surface area contributed by atoms with Gasteiger partial charge in [0.25, 0.3) is 0 Å². The van der Waals surface area contributed by atoms with Crippen molar-refractivity contribution in [3.8, 4) is 0 Å². The molecule has 48 valence electrons. The molecule has 0 aromatic heterocycles. The van der Waals surface area contributed by atoms with Crippen molar-refractivity contribution in [3.05, 3.63) is 11.3 Å². The first-order valence-corrected chi connectivity index (χ1v) is 2.66. The van der Waals surface area contributed by atoms with Gasteiger partial charge in [0.1, 0.15) is 11.5 Å². The van der Waals surface area contributed by atoms with Gasteiger partial charge < -0.3 is 4.74 Å². The van der Waals surface area contributed by atoms with Gasteiger partial charge >= 0.3 is 0 Å². The average molecular weight is 124 g/mol. The quantitative estimate of drug-likeness (QED) is 0.502. The van der Waals surface area contributed by atoms with Crippen LogP contribution in [0.3, 0.4) is 0 Å². The second kappa shape index (κ2) is 1.69. The summed E-state index contributed by atoms with van der Waals surface area (Å²) in [5.41, 5.74) is 0.965. The van der Waals surface area contributed by atoms with Gasteiger partial charge in [0.2, 0.25) is 5.90 Å². The molecule has 9 heavy (non-hydrogen) atoms. The Morgan fingerprint density at radius 1 is 1.22 bits per heavy atom. The van der Waals surface area contributed by atoms with Gasteiger partial charge in [-0.25, -0.2) is 0 Å². The number of hydrogen-bond donors (Lipinski definition) is 2. The fourth-order valence-corrected chi connectivity index (χ4v) is 0.627. The van der Waals surface area contributed by atoms with Gasteiger partial charge in [0, 0.05) is 5.57 Å². The predicted octanol–water partition coefficient (Wildman–Crippen LogP) is 1.31. The molecule has 0 aliphatic carbocycles. The second-order valence-corrected chi connectivity index (χ2v) is 1.99. The van der Waals surface area contributed by atoms with E-state index in [0.29, 0.717) is 5.76 Å². The normalized spacial score (nSPS) is 18.9. The Bertz CT molecular complexity index is 212. The van der Waals surface area contributed by atoms with Crippen LogP contribution in [0, 0.1) is 10.8 Å². The van der Waals surface area contributed by atoms with Crippen LogP contribution >= 0.6 is 0 Å². The Kier molecular flexibility index (Phi) is 1.12. The van der Waals surface area contributed by atoms with Crippen molar-refractivity contribution in [2.45, 2.75) is 13.8 Å². The first kappa shape index (κ1) is 6.01. The lowest BCUT2D eigenvalue weighted by Crippen LogP contribution is -2.05. The highest BCUT2D eigenvalue weighted by molar-refractivity contribution is 6.44. The van der Waals surface area contributed by atoms with Crippen LogP contribution in [-0.4, -0.2) is 11.6 Å². The smallest absolute Gasteiger partial charge is 0.237 e. The van der Waals surface area contributed by atoms with Gasteiger partial charge in [-0.05, 0) is 13.8 Å². The standard InChI is InChI=1S/C6H8N2O/c1-3-4(2)9-6(8)5(3)7/h7-8H,1-2H3. The molecule has 0 atom stereocenters. The molecule has 0 bridgehead atoms. The second-order valence-electron chi connectivity index (χ2n) is 1.99. The molecule has 0 aromatic rings. The van der Waals surface area contributed by atoms with E-state index in [4.69, 9.17) is 15.6 Å². The zero-order valence-corrected chi connectivity index (χ0v) is 5.41. The minimum absolute atomic E-state index is 0.0370. The van der Waals surface area contributed by atoms with Crippen LogP contribution in [0.1, 0.15) is 13.8 Å². The third-order valence-corrected chi connectivity index (χ3v) is 1.39. The Hall–Kier alpha value is -1.12. The number of nitrogens with one attached hydrogen (secondary N) is 2. The summed E-state index contributed by atoms with van der Waals surface area (Å²) < 4.78 is 4.82. The minimum Gasteiger partial charge on any atom is -0.442 e. The van der Waals surface area contributed by atoms with Crippen LogP contribution in [0.5, 0.6) is 0 Å². The molecule has 0 saturated carbocycles. The van der Waals surface area contributed by atoms with Gasteiger partial charge in [-0.15, -0.1) is 0 Å². The first-order chi connectivity index (χ1) is 4.13. The SMILES string of the molecule is CC1=C(C)C(=N)C(=N)O1. The van der Waals surface area contributed by atoms with Crippen LogP contribution in [0.15, 0.2) is 11.3 Å². The molecule has 1 rings (SSSR count). The molecule has 2 N–H and O–H groups in total. The maximum Gasteiger partial charge on any atom is 0.237 e. The third-order valence-electron chi connectivity index (χ3n) is 1.39. The summed E-state index contributed by atoms with van der Waals surface area (Å²) >= 11 is 0. The van der Waals surface area contributed by atoms with Crippen molar-refractivity contribution in [1.29, 1.82) is 10.8 Å². The molecule has 0 aromatic carbocycles. The summed E-state index contributed by atoms with van der Waals surface area (Å²) in [5.74, 6) is 0.634. The first-order valence-electron chi connectivity index (χ1n) is 2.66. The van der Waals surface area contributed by atoms with Crippen LogP contribution in [0.2, 0.25) is 0 Å². The van der Waals surface area contributed by atoms with E-state index >= 15 is 0 Å². The average Bonchev–Trinajstić information content (AvgIpc) is 1.98. The largest absolute Gasteiger partial charge is 0.442 e. The lowest BCUT2D eigenvalue weighted by Gasteiger charge is -1.91. The van der Waals surface area contributed by atoms with Gasteiger partial charge in [-0.3, -0.25) is 10.8 Å².